The molecule has 308 valence electrons. The SMILES string of the molecule is CC1(Oc2ccc3[nH]nc(-c4cc(N5CCO[C@@H](CN6CCN(CC7CCN(c8ccc9c(c8)C(=O)N(C8CCC(=O)NC8=O)C9=O)CC7)CC6)C5)ncn4)c3c2)CC1. The molecule has 2 N–H and O–H groups in total. The van der Waals surface area contributed by atoms with Gasteiger partial charge in [0.15, 0.2) is 0 Å². The molecular weight excluding hydrogens is 753 g/mol. The van der Waals surface area contributed by atoms with Crippen molar-refractivity contribution in [3.05, 3.63) is 59.9 Å². The summed E-state index contributed by atoms with van der Waals surface area (Å²) in [4.78, 5) is 70.6. The Labute approximate surface area is 342 Å². The molecule has 4 saturated heterocycles. The third kappa shape index (κ3) is 7.64. The zero-order valence-corrected chi connectivity index (χ0v) is 33.4. The molecule has 2 aromatic heterocycles. The summed E-state index contributed by atoms with van der Waals surface area (Å²) in [6, 6.07) is 12.5. The highest BCUT2D eigenvalue weighted by Crippen LogP contribution is 2.41. The number of piperidine rings is 2. The number of amides is 4. The lowest BCUT2D eigenvalue weighted by molar-refractivity contribution is -0.136. The third-order valence-corrected chi connectivity index (χ3v) is 13.1. The van der Waals surface area contributed by atoms with Crippen LogP contribution in [0.3, 0.4) is 0 Å². The van der Waals surface area contributed by atoms with E-state index in [0.717, 1.165) is 136 Å². The lowest BCUT2D eigenvalue weighted by Gasteiger charge is -2.41. The number of anilines is 2. The highest BCUT2D eigenvalue weighted by atomic mass is 16.5. The smallest absolute Gasteiger partial charge is 0.262 e. The fourth-order valence-corrected chi connectivity index (χ4v) is 9.34. The van der Waals surface area contributed by atoms with Crippen molar-refractivity contribution in [2.75, 3.05) is 81.9 Å². The minimum atomic E-state index is -0.960. The number of aromatic nitrogens is 4. The zero-order valence-electron chi connectivity index (χ0n) is 33.4. The quantitative estimate of drug-likeness (QED) is 0.225. The van der Waals surface area contributed by atoms with Crippen LogP contribution >= 0.6 is 0 Å². The first-order valence-corrected chi connectivity index (χ1v) is 21.1. The van der Waals surface area contributed by atoms with Gasteiger partial charge in [-0.1, -0.05) is 0 Å². The molecule has 4 amide bonds. The van der Waals surface area contributed by atoms with Crippen LogP contribution in [-0.2, 0) is 14.3 Å². The maximum atomic E-state index is 13.4. The predicted octanol–water partition coefficient (Wildman–Crippen LogP) is 3.09. The van der Waals surface area contributed by atoms with Gasteiger partial charge in [0.2, 0.25) is 11.8 Å². The Morgan fingerprint density at radius 2 is 1.61 bits per heavy atom. The van der Waals surface area contributed by atoms with Gasteiger partial charge in [-0.05, 0) is 81.3 Å². The summed E-state index contributed by atoms with van der Waals surface area (Å²) in [6.07, 6.45) is 6.21. The number of imide groups is 2. The van der Waals surface area contributed by atoms with E-state index in [4.69, 9.17) is 9.47 Å². The second-order valence-corrected chi connectivity index (χ2v) is 17.2. The van der Waals surface area contributed by atoms with Crippen LogP contribution in [0.15, 0.2) is 48.8 Å². The molecule has 7 heterocycles. The van der Waals surface area contributed by atoms with Crippen LogP contribution in [0.25, 0.3) is 22.3 Å². The van der Waals surface area contributed by atoms with E-state index in [1.54, 1.807) is 18.5 Å². The average Bonchev–Trinajstić information content (AvgIpc) is 3.73. The van der Waals surface area contributed by atoms with E-state index in [1.807, 2.05) is 24.3 Å². The van der Waals surface area contributed by atoms with E-state index in [-0.39, 0.29) is 30.5 Å². The van der Waals surface area contributed by atoms with Crippen molar-refractivity contribution in [1.82, 2.24) is 40.2 Å². The van der Waals surface area contributed by atoms with Gasteiger partial charge in [-0.15, -0.1) is 0 Å². The number of H-pyrrole nitrogens is 1. The molecule has 6 aliphatic rings. The van der Waals surface area contributed by atoms with Gasteiger partial charge in [0.25, 0.3) is 11.8 Å². The van der Waals surface area contributed by atoms with E-state index in [9.17, 15) is 19.2 Å². The molecule has 16 heteroatoms. The number of morpholine rings is 1. The molecule has 2 atom stereocenters. The topological polar surface area (TPSA) is 169 Å². The molecule has 10 rings (SSSR count). The monoisotopic (exact) mass is 802 g/mol. The van der Waals surface area contributed by atoms with Crippen LogP contribution in [-0.4, -0.2) is 148 Å². The first kappa shape index (κ1) is 37.8. The van der Waals surface area contributed by atoms with Gasteiger partial charge in [0.1, 0.15) is 35.2 Å². The molecule has 0 spiro atoms. The van der Waals surface area contributed by atoms with Crippen molar-refractivity contribution in [1.29, 1.82) is 0 Å². The maximum absolute atomic E-state index is 13.4. The Morgan fingerprint density at radius 1 is 0.831 bits per heavy atom. The Kier molecular flexibility index (Phi) is 9.80. The van der Waals surface area contributed by atoms with Gasteiger partial charge in [-0.2, -0.15) is 5.10 Å². The summed E-state index contributed by atoms with van der Waals surface area (Å²) in [7, 11) is 0. The minimum absolute atomic E-state index is 0.0581. The predicted molar refractivity (Wildman–Crippen MR) is 218 cm³/mol. The molecule has 0 bridgehead atoms. The summed E-state index contributed by atoms with van der Waals surface area (Å²) in [6.45, 7) is 12.1. The van der Waals surface area contributed by atoms with Gasteiger partial charge in [0.05, 0.1) is 35.0 Å². The zero-order chi connectivity index (χ0) is 40.3. The van der Waals surface area contributed by atoms with Crippen LogP contribution in [0.4, 0.5) is 11.5 Å². The Morgan fingerprint density at radius 3 is 2.39 bits per heavy atom. The van der Waals surface area contributed by atoms with Gasteiger partial charge in [-0.3, -0.25) is 39.4 Å². The van der Waals surface area contributed by atoms with E-state index in [1.165, 1.54) is 0 Å². The summed E-state index contributed by atoms with van der Waals surface area (Å²) in [5.41, 5.74) is 4.01. The molecule has 5 fully saturated rings. The number of hydrogen-bond acceptors (Lipinski definition) is 13. The highest BCUT2D eigenvalue weighted by molar-refractivity contribution is 6.23. The standard InChI is InChI=1S/C43H50N10O6/c1-43(10-11-43)59-29-3-5-34-33(21-29)39(48-47-34)35-22-37(45-26-44-35)52-18-19-58-30(25-52)24-50-16-14-49(15-17-50)23-27-8-12-51(13-9-27)28-2-4-31-32(20-28)42(57)53(41(31)56)36-6-7-38(54)46-40(36)55/h2-5,20-22,26-27,30,36H,6-19,23-25H2,1H3,(H,47,48)(H,46,54,55)/t30-,36?/m0/s1. The van der Waals surface area contributed by atoms with Crippen LogP contribution < -0.4 is 19.9 Å². The molecule has 59 heavy (non-hydrogen) atoms. The van der Waals surface area contributed by atoms with E-state index < -0.39 is 23.8 Å². The van der Waals surface area contributed by atoms with Crippen LogP contribution in [0.2, 0.25) is 0 Å². The first-order valence-electron chi connectivity index (χ1n) is 21.1. The normalized spacial score (nSPS) is 24.2. The Balaban J connectivity index is 0.690. The lowest BCUT2D eigenvalue weighted by Crippen LogP contribution is -2.54. The Hall–Kier alpha value is -5.45. The number of fused-ring (bicyclic) bond motifs is 2. The number of hydrogen-bond donors (Lipinski definition) is 2. The van der Waals surface area contributed by atoms with Crippen LogP contribution in [0.5, 0.6) is 5.75 Å². The van der Waals surface area contributed by atoms with Crippen molar-refractivity contribution < 1.29 is 28.7 Å². The van der Waals surface area contributed by atoms with Gasteiger partial charge in [0, 0.05) is 89.0 Å². The van der Waals surface area contributed by atoms with Crippen molar-refractivity contribution in [3.8, 4) is 17.1 Å². The average molecular weight is 803 g/mol. The van der Waals surface area contributed by atoms with Crippen molar-refractivity contribution >= 4 is 46.0 Å². The summed E-state index contributed by atoms with van der Waals surface area (Å²) >= 11 is 0. The molecule has 1 aliphatic carbocycles. The largest absolute Gasteiger partial charge is 0.488 e. The third-order valence-electron chi connectivity index (χ3n) is 13.1. The minimum Gasteiger partial charge on any atom is -0.488 e. The van der Waals surface area contributed by atoms with E-state index in [2.05, 4.69) is 58.1 Å². The molecule has 1 saturated carbocycles. The molecule has 5 aliphatic heterocycles. The maximum Gasteiger partial charge on any atom is 0.262 e. The second-order valence-electron chi connectivity index (χ2n) is 17.2. The highest BCUT2D eigenvalue weighted by Gasteiger charge is 2.45. The molecule has 1 unspecified atom stereocenters. The van der Waals surface area contributed by atoms with Crippen molar-refractivity contribution in [3.63, 3.8) is 0 Å². The number of rotatable bonds is 10. The number of ether oxygens (including phenoxy) is 2. The molecule has 0 radical (unpaired) electrons. The molecular formula is C43H50N10O6. The molecule has 16 nitrogen and oxygen atoms in total. The number of carbonyl (C=O) groups is 4. The second kappa shape index (κ2) is 15.3. The van der Waals surface area contributed by atoms with Gasteiger partial charge >= 0.3 is 0 Å². The number of carbonyl (C=O) groups excluding carboxylic acids is 4. The fraction of sp³-hybridized carbons (Fsp3) is 0.512. The molecule has 4 aromatic rings. The number of benzene rings is 2. The Bertz CT molecular complexity index is 2290. The number of piperazine rings is 1. The fourth-order valence-electron chi connectivity index (χ4n) is 9.34. The first-order chi connectivity index (χ1) is 28.7. The lowest BCUT2D eigenvalue weighted by atomic mass is 9.95. The van der Waals surface area contributed by atoms with Gasteiger partial charge in [-0.25, -0.2) is 9.97 Å². The van der Waals surface area contributed by atoms with Crippen molar-refractivity contribution in [2.45, 2.75) is 63.2 Å². The number of aromatic amines is 1. The number of nitrogens with one attached hydrogen (secondary N) is 2. The van der Waals surface area contributed by atoms with E-state index >= 15 is 0 Å². The van der Waals surface area contributed by atoms with Crippen LogP contribution in [0, 0.1) is 5.92 Å². The van der Waals surface area contributed by atoms with Gasteiger partial charge < -0.3 is 24.2 Å². The molecule has 2 aromatic carbocycles. The van der Waals surface area contributed by atoms with Crippen LogP contribution in [0.1, 0.15) is 66.2 Å². The number of nitrogens with zero attached hydrogens (tertiary/aromatic N) is 8. The summed E-state index contributed by atoms with van der Waals surface area (Å²) < 4.78 is 12.5. The van der Waals surface area contributed by atoms with Crippen molar-refractivity contribution in [2.24, 2.45) is 5.92 Å². The van der Waals surface area contributed by atoms with E-state index in [0.29, 0.717) is 23.7 Å². The summed E-state index contributed by atoms with van der Waals surface area (Å²) in [5, 5.41) is 11.0. The summed E-state index contributed by atoms with van der Waals surface area (Å²) in [5.74, 6) is 0.402.